The van der Waals surface area contributed by atoms with Gasteiger partial charge in [0, 0.05) is 11.9 Å². The molecule has 0 aliphatic rings. The number of imidazole rings is 1. The van der Waals surface area contributed by atoms with Gasteiger partial charge in [-0.3, -0.25) is 14.3 Å². The van der Waals surface area contributed by atoms with Crippen molar-refractivity contribution < 1.29 is 9.90 Å². The van der Waals surface area contributed by atoms with Gasteiger partial charge < -0.3 is 5.11 Å². The molecule has 0 spiro atoms. The Morgan fingerprint density at radius 3 is 2.78 bits per heavy atom. The van der Waals surface area contributed by atoms with Crippen LogP contribution in [-0.4, -0.2) is 31.4 Å². The van der Waals surface area contributed by atoms with Crippen LogP contribution in [0.5, 0.6) is 0 Å². The summed E-state index contributed by atoms with van der Waals surface area (Å²) in [7, 11) is 0. The standard InChI is InChI=1S/C12H13N3O2S/c1-8-3-4-10(5-13-8)15-6-9(2)14-12(15)18-7-11(16)17/h3-6H,7H2,1-2H3,(H,16,17). The number of carboxylic acid groups (broad SMARTS) is 1. The molecular weight excluding hydrogens is 250 g/mol. The predicted molar refractivity (Wildman–Crippen MR) is 69.2 cm³/mol. The molecule has 0 aliphatic carbocycles. The van der Waals surface area contributed by atoms with Gasteiger partial charge in [-0.1, -0.05) is 11.8 Å². The third kappa shape index (κ3) is 2.89. The molecule has 2 aromatic heterocycles. The number of thioether (sulfide) groups is 1. The molecule has 0 amide bonds. The van der Waals surface area contributed by atoms with Crippen LogP contribution >= 0.6 is 11.8 Å². The van der Waals surface area contributed by atoms with E-state index in [1.807, 2.05) is 36.7 Å². The van der Waals surface area contributed by atoms with Gasteiger partial charge in [0.25, 0.3) is 0 Å². The average molecular weight is 263 g/mol. The first kappa shape index (κ1) is 12.6. The van der Waals surface area contributed by atoms with Gasteiger partial charge >= 0.3 is 5.97 Å². The monoisotopic (exact) mass is 263 g/mol. The fourth-order valence-electron chi connectivity index (χ4n) is 1.49. The van der Waals surface area contributed by atoms with Gasteiger partial charge in [-0.2, -0.15) is 0 Å². The summed E-state index contributed by atoms with van der Waals surface area (Å²) in [6.07, 6.45) is 3.62. The lowest BCUT2D eigenvalue weighted by Crippen LogP contribution is -2.01. The predicted octanol–water partition coefficient (Wildman–Crippen LogP) is 2.06. The Morgan fingerprint density at radius 2 is 2.17 bits per heavy atom. The largest absolute Gasteiger partial charge is 0.481 e. The zero-order valence-electron chi connectivity index (χ0n) is 10.1. The van der Waals surface area contributed by atoms with Crippen LogP contribution in [0.25, 0.3) is 5.69 Å². The Morgan fingerprint density at radius 1 is 1.39 bits per heavy atom. The minimum absolute atomic E-state index is 0.00422. The Bertz CT molecular complexity index is 563. The minimum Gasteiger partial charge on any atom is -0.481 e. The lowest BCUT2D eigenvalue weighted by molar-refractivity contribution is -0.133. The van der Waals surface area contributed by atoms with Crippen molar-refractivity contribution in [1.29, 1.82) is 0 Å². The van der Waals surface area contributed by atoms with E-state index in [4.69, 9.17) is 5.11 Å². The van der Waals surface area contributed by atoms with Gasteiger partial charge in [0.1, 0.15) is 0 Å². The summed E-state index contributed by atoms with van der Waals surface area (Å²) in [4.78, 5) is 19.1. The lowest BCUT2D eigenvalue weighted by atomic mass is 10.3. The Hall–Kier alpha value is -1.82. The average Bonchev–Trinajstić information content (AvgIpc) is 2.69. The molecule has 0 fully saturated rings. The number of carbonyl (C=O) groups is 1. The van der Waals surface area contributed by atoms with Crippen LogP contribution in [0.3, 0.4) is 0 Å². The number of aromatic nitrogens is 3. The molecule has 0 saturated heterocycles. The third-order valence-corrected chi connectivity index (χ3v) is 3.23. The van der Waals surface area contributed by atoms with Gasteiger partial charge in [0.05, 0.1) is 23.3 Å². The van der Waals surface area contributed by atoms with Gasteiger partial charge in [0.2, 0.25) is 0 Å². The molecule has 0 unspecified atom stereocenters. The van der Waals surface area contributed by atoms with Crippen molar-refractivity contribution in [3.63, 3.8) is 0 Å². The molecular formula is C12H13N3O2S. The highest BCUT2D eigenvalue weighted by Crippen LogP contribution is 2.21. The number of hydrogen-bond acceptors (Lipinski definition) is 4. The summed E-state index contributed by atoms with van der Waals surface area (Å²) < 4.78 is 1.86. The highest BCUT2D eigenvalue weighted by atomic mass is 32.2. The van der Waals surface area contributed by atoms with E-state index in [9.17, 15) is 4.79 Å². The fourth-order valence-corrected chi connectivity index (χ4v) is 2.25. The number of aryl methyl sites for hydroxylation is 2. The van der Waals surface area contributed by atoms with Gasteiger partial charge in [0.15, 0.2) is 5.16 Å². The van der Waals surface area contributed by atoms with E-state index >= 15 is 0 Å². The van der Waals surface area contributed by atoms with Crippen LogP contribution in [0.1, 0.15) is 11.4 Å². The maximum atomic E-state index is 10.6. The first-order valence-corrected chi connectivity index (χ1v) is 6.38. The highest BCUT2D eigenvalue weighted by Gasteiger charge is 2.10. The molecule has 94 valence electrons. The fraction of sp³-hybridized carbons (Fsp3) is 0.250. The molecule has 0 aromatic carbocycles. The summed E-state index contributed by atoms with van der Waals surface area (Å²) in [5.41, 5.74) is 2.67. The second-order valence-electron chi connectivity index (χ2n) is 3.88. The molecule has 0 bridgehead atoms. The lowest BCUT2D eigenvalue weighted by Gasteiger charge is -2.06. The second-order valence-corrected chi connectivity index (χ2v) is 4.82. The maximum absolute atomic E-state index is 10.6. The number of hydrogen-bond donors (Lipinski definition) is 1. The quantitative estimate of drug-likeness (QED) is 0.855. The number of aliphatic carboxylic acids is 1. The van der Waals surface area contributed by atoms with Crippen LogP contribution in [-0.2, 0) is 4.79 Å². The first-order chi connectivity index (χ1) is 8.56. The molecule has 1 N–H and O–H groups in total. The van der Waals surface area contributed by atoms with Gasteiger partial charge in [-0.25, -0.2) is 4.98 Å². The summed E-state index contributed by atoms with van der Waals surface area (Å²) in [5, 5.41) is 9.38. The smallest absolute Gasteiger partial charge is 0.313 e. The zero-order chi connectivity index (χ0) is 13.1. The molecule has 0 saturated carbocycles. The van der Waals surface area contributed by atoms with Crippen LogP contribution in [0, 0.1) is 13.8 Å². The Balaban J connectivity index is 2.31. The van der Waals surface area contributed by atoms with E-state index in [1.165, 1.54) is 11.8 Å². The Kier molecular flexibility index (Phi) is 3.66. The van der Waals surface area contributed by atoms with Gasteiger partial charge in [-0.05, 0) is 26.0 Å². The van der Waals surface area contributed by atoms with Crippen molar-refractivity contribution in [3.8, 4) is 5.69 Å². The third-order valence-electron chi connectivity index (χ3n) is 2.29. The minimum atomic E-state index is -0.853. The van der Waals surface area contributed by atoms with E-state index in [-0.39, 0.29) is 5.75 Å². The molecule has 0 aliphatic heterocycles. The van der Waals surface area contributed by atoms with E-state index in [0.29, 0.717) is 5.16 Å². The van der Waals surface area contributed by atoms with Crippen LogP contribution in [0.2, 0.25) is 0 Å². The van der Waals surface area contributed by atoms with Crippen LogP contribution < -0.4 is 0 Å². The molecule has 0 atom stereocenters. The molecule has 2 rings (SSSR count). The zero-order valence-corrected chi connectivity index (χ0v) is 10.9. The van der Waals surface area contributed by atoms with Crippen molar-refractivity contribution in [1.82, 2.24) is 14.5 Å². The van der Waals surface area contributed by atoms with E-state index in [1.54, 1.807) is 6.20 Å². The van der Waals surface area contributed by atoms with E-state index in [0.717, 1.165) is 17.1 Å². The summed E-state index contributed by atoms with van der Waals surface area (Å²) in [6.45, 7) is 3.80. The van der Waals surface area contributed by atoms with Crippen molar-refractivity contribution in [3.05, 3.63) is 35.9 Å². The number of pyridine rings is 1. The molecule has 18 heavy (non-hydrogen) atoms. The molecule has 6 heteroatoms. The molecule has 2 aromatic rings. The van der Waals surface area contributed by atoms with Crippen LogP contribution in [0.15, 0.2) is 29.7 Å². The SMILES string of the molecule is Cc1ccc(-n2cc(C)nc2SCC(=O)O)cn1. The summed E-state index contributed by atoms with van der Waals surface area (Å²) in [5.74, 6) is -0.857. The van der Waals surface area contributed by atoms with Crippen molar-refractivity contribution in [2.45, 2.75) is 19.0 Å². The van der Waals surface area contributed by atoms with Gasteiger partial charge in [-0.15, -0.1) is 0 Å². The molecule has 0 radical (unpaired) electrons. The Labute approximate surface area is 109 Å². The van der Waals surface area contributed by atoms with E-state index in [2.05, 4.69) is 9.97 Å². The highest BCUT2D eigenvalue weighted by molar-refractivity contribution is 7.99. The van der Waals surface area contributed by atoms with Crippen molar-refractivity contribution >= 4 is 17.7 Å². The number of nitrogens with zero attached hydrogens (tertiary/aromatic N) is 3. The van der Waals surface area contributed by atoms with Crippen molar-refractivity contribution in [2.24, 2.45) is 0 Å². The van der Waals surface area contributed by atoms with E-state index < -0.39 is 5.97 Å². The number of rotatable bonds is 4. The second kappa shape index (κ2) is 5.22. The summed E-state index contributed by atoms with van der Waals surface area (Å²) >= 11 is 1.20. The molecule has 2 heterocycles. The molecule has 5 nitrogen and oxygen atoms in total. The normalized spacial score (nSPS) is 10.6. The maximum Gasteiger partial charge on any atom is 0.313 e. The number of carboxylic acids is 1. The summed E-state index contributed by atoms with van der Waals surface area (Å²) in [6, 6.07) is 3.85. The topological polar surface area (TPSA) is 68.0 Å². The van der Waals surface area contributed by atoms with Crippen LogP contribution in [0.4, 0.5) is 0 Å². The first-order valence-electron chi connectivity index (χ1n) is 5.40. The van der Waals surface area contributed by atoms with Crippen molar-refractivity contribution in [2.75, 3.05) is 5.75 Å².